The Morgan fingerprint density at radius 3 is 2.28 bits per heavy atom. The van der Waals surface area contributed by atoms with Crippen molar-refractivity contribution in [3.05, 3.63) is 56.8 Å². The monoisotopic (exact) mass is 276 g/mol. The van der Waals surface area contributed by atoms with Crippen molar-refractivity contribution in [1.82, 2.24) is 0 Å². The standard InChI is InChI=1S/C16H17ClS/c1-10-7-11(2)18-16(10)15(17)14-8-12-5-3-4-6-13(12)9-14/h3-7,14-15H,8-9H2,1-2H3. The maximum Gasteiger partial charge on any atom is 0.0715 e. The molecule has 1 aliphatic rings. The van der Waals surface area contributed by atoms with Gasteiger partial charge in [0.1, 0.15) is 0 Å². The zero-order valence-electron chi connectivity index (χ0n) is 10.7. The highest BCUT2D eigenvalue weighted by atomic mass is 35.5. The predicted octanol–water partition coefficient (Wildman–Crippen LogP) is 5.06. The van der Waals surface area contributed by atoms with Gasteiger partial charge in [0.15, 0.2) is 0 Å². The quantitative estimate of drug-likeness (QED) is 0.673. The maximum atomic E-state index is 6.73. The maximum absolute atomic E-state index is 6.73. The Bertz CT molecular complexity index is 545. The van der Waals surface area contributed by atoms with Crippen LogP contribution >= 0.6 is 22.9 Å². The van der Waals surface area contributed by atoms with Crippen LogP contribution in [0.2, 0.25) is 0 Å². The van der Waals surface area contributed by atoms with Crippen LogP contribution in [0.25, 0.3) is 0 Å². The van der Waals surface area contributed by atoms with E-state index in [2.05, 4.69) is 44.2 Å². The van der Waals surface area contributed by atoms with Gasteiger partial charge in [0.05, 0.1) is 5.38 Å². The van der Waals surface area contributed by atoms with Crippen LogP contribution in [0.5, 0.6) is 0 Å². The summed E-state index contributed by atoms with van der Waals surface area (Å²) in [5.41, 5.74) is 4.33. The molecule has 0 nitrogen and oxygen atoms in total. The Labute approximate surface area is 118 Å². The summed E-state index contributed by atoms with van der Waals surface area (Å²) in [7, 11) is 0. The minimum Gasteiger partial charge on any atom is -0.144 e. The number of hydrogen-bond acceptors (Lipinski definition) is 1. The Morgan fingerprint density at radius 2 is 1.78 bits per heavy atom. The first-order valence-electron chi connectivity index (χ1n) is 6.43. The first-order chi connectivity index (χ1) is 8.65. The highest BCUT2D eigenvalue weighted by molar-refractivity contribution is 7.12. The highest BCUT2D eigenvalue weighted by Gasteiger charge is 2.29. The normalized spacial score (nSPS) is 16.8. The van der Waals surface area contributed by atoms with Gasteiger partial charge in [-0.15, -0.1) is 22.9 Å². The summed E-state index contributed by atoms with van der Waals surface area (Å²) in [6.45, 7) is 4.34. The molecule has 0 saturated heterocycles. The Balaban J connectivity index is 1.84. The van der Waals surface area contributed by atoms with Crippen molar-refractivity contribution in [2.75, 3.05) is 0 Å². The van der Waals surface area contributed by atoms with Crippen molar-refractivity contribution < 1.29 is 0 Å². The first kappa shape index (κ1) is 12.3. The van der Waals surface area contributed by atoms with E-state index in [1.807, 2.05) is 11.3 Å². The number of halogens is 1. The lowest BCUT2D eigenvalue weighted by Gasteiger charge is -2.16. The molecular formula is C16H17ClS. The fourth-order valence-corrected chi connectivity index (χ4v) is 4.54. The number of fused-ring (bicyclic) bond motifs is 1. The molecule has 1 aromatic carbocycles. The van der Waals surface area contributed by atoms with Crippen LogP contribution in [0.4, 0.5) is 0 Å². The van der Waals surface area contributed by atoms with Crippen LogP contribution in [-0.2, 0) is 12.8 Å². The first-order valence-corrected chi connectivity index (χ1v) is 7.68. The van der Waals surface area contributed by atoms with Gasteiger partial charge >= 0.3 is 0 Å². The zero-order chi connectivity index (χ0) is 12.7. The molecule has 0 amide bonds. The minimum absolute atomic E-state index is 0.163. The number of benzene rings is 1. The molecule has 0 N–H and O–H groups in total. The van der Waals surface area contributed by atoms with E-state index in [1.165, 1.54) is 26.4 Å². The highest BCUT2D eigenvalue weighted by Crippen LogP contribution is 2.42. The van der Waals surface area contributed by atoms with E-state index in [9.17, 15) is 0 Å². The Hall–Kier alpha value is -0.790. The molecule has 0 aliphatic heterocycles. The molecule has 0 fully saturated rings. The lowest BCUT2D eigenvalue weighted by atomic mass is 9.99. The van der Waals surface area contributed by atoms with E-state index < -0.39 is 0 Å². The molecule has 2 heteroatoms. The predicted molar refractivity (Wildman–Crippen MR) is 79.7 cm³/mol. The molecule has 1 aromatic heterocycles. The van der Waals surface area contributed by atoms with Crippen LogP contribution in [-0.4, -0.2) is 0 Å². The third-order valence-electron chi connectivity index (χ3n) is 3.83. The van der Waals surface area contributed by atoms with Crippen molar-refractivity contribution in [1.29, 1.82) is 0 Å². The van der Waals surface area contributed by atoms with Gasteiger partial charge in [-0.25, -0.2) is 0 Å². The number of hydrogen-bond donors (Lipinski definition) is 0. The zero-order valence-corrected chi connectivity index (χ0v) is 12.3. The van der Waals surface area contributed by atoms with Crippen molar-refractivity contribution in [3.63, 3.8) is 0 Å². The lowest BCUT2D eigenvalue weighted by molar-refractivity contribution is 0.545. The van der Waals surface area contributed by atoms with Gasteiger partial charge in [0.2, 0.25) is 0 Å². The molecule has 0 radical (unpaired) electrons. The fourth-order valence-electron chi connectivity index (χ4n) is 2.95. The third-order valence-corrected chi connectivity index (χ3v) is 5.77. The van der Waals surface area contributed by atoms with Crippen LogP contribution in [0.15, 0.2) is 30.3 Å². The summed E-state index contributed by atoms with van der Waals surface area (Å²) < 4.78 is 0. The summed E-state index contributed by atoms with van der Waals surface area (Å²) in [5.74, 6) is 0.556. The van der Waals surface area contributed by atoms with E-state index in [0.29, 0.717) is 5.92 Å². The smallest absolute Gasteiger partial charge is 0.0715 e. The Kier molecular flexibility index (Phi) is 3.21. The van der Waals surface area contributed by atoms with Gasteiger partial charge < -0.3 is 0 Å². The van der Waals surface area contributed by atoms with Gasteiger partial charge in [-0.3, -0.25) is 0 Å². The number of alkyl halides is 1. The molecule has 0 spiro atoms. The van der Waals surface area contributed by atoms with Gasteiger partial charge in [-0.2, -0.15) is 0 Å². The molecular weight excluding hydrogens is 260 g/mol. The van der Waals surface area contributed by atoms with Crippen molar-refractivity contribution in [2.45, 2.75) is 32.1 Å². The second-order valence-corrected chi connectivity index (χ2v) is 7.00. The van der Waals surface area contributed by atoms with E-state index >= 15 is 0 Å². The molecule has 94 valence electrons. The van der Waals surface area contributed by atoms with E-state index in [4.69, 9.17) is 11.6 Å². The lowest BCUT2D eigenvalue weighted by Crippen LogP contribution is -2.07. The summed E-state index contributed by atoms with van der Waals surface area (Å²) in [6, 6.07) is 11.0. The molecule has 1 heterocycles. The van der Waals surface area contributed by atoms with Gasteiger partial charge in [-0.05, 0) is 55.4 Å². The van der Waals surface area contributed by atoms with Crippen LogP contribution < -0.4 is 0 Å². The topological polar surface area (TPSA) is 0 Å². The second-order valence-electron chi connectivity index (χ2n) is 5.24. The number of aryl methyl sites for hydroxylation is 2. The van der Waals surface area contributed by atoms with Crippen molar-refractivity contribution in [2.24, 2.45) is 5.92 Å². The Morgan fingerprint density at radius 1 is 1.17 bits per heavy atom. The largest absolute Gasteiger partial charge is 0.144 e. The number of rotatable bonds is 2. The number of thiophene rings is 1. The van der Waals surface area contributed by atoms with E-state index in [1.54, 1.807) is 0 Å². The second kappa shape index (κ2) is 4.71. The van der Waals surface area contributed by atoms with E-state index in [-0.39, 0.29) is 5.38 Å². The van der Waals surface area contributed by atoms with Crippen LogP contribution in [0, 0.1) is 19.8 Å². The molecule has 18 heavy (non-hydrogen) atoms. The molecule has 0 bridgehead atoms. The van der Waals surface area contributed by atoms with Crippen LogP contribution in [0.3, 0.4) is 0 Å². The third kappa shape index (κ3) is 2.10. The molecule has 1 aliphatic carbocycles. The SMILES string of the molecule is Cc1cc(C)c(C(Cl)C2Cc3ccccc3C2)s1. The summed E-state index contributed by atoms with van der Waals surface area (Å²) in [5, 5.41) is 0.163. The fraction of sp³-hybridized carbons (Fsp3) is 0.375. The average molecular weight is 277 g/mol. The van der Waals surface area contributed by atoms with Crippen molar-refractivity contribution in [3.8, 4) is 0 Å². The van der Waals surface area contributed by atoms with Gasteiger partial charge in [-0.1, -0.05) is 24.3 Å². The van der Waals surface area contributed by atoms with Crippen LogP contribution in [0.1, 0.15) is 31.8 Å². The molecule has 2 aromatic rings. The summed E-state index contributed by atoms with van der Waals surface area (Å²) in [4.78, 5) is 2.73. The molecule has 1 atom stereocenters. The molecule has 0 saturated carbocycles. The summed E-state index contributed by atoms with van der Waals surface area (Å²) >= 11 is 8.59. The minimum atomic E-state index is 0.163. The summed E-state index contributed by atoms with van der Waals surface area (Å²) in [6.07, 6.45) is 2.25. The van der Waals surface area contributed by atoms with E-state index in [0.717, 1.165) is 12.8 Å². The average Bonchev–Trinajstić information content (AvgIpc) is 2.91. The van der Waals surface area contributed by atoms with Gasteiger partial charge in [0, 0.05) is 9.75 Å². The van der Waals surface area contributed by atoms with Crippen molar-refractivity contribution >= 4 is 22.9 Å². The molecule has 3 rings (SSSR count). The van der Waals surface area contributed by atoms with Gasteiger partial charge in [0.25, 0.3) is 0 Å². The molecule has 1 unspecified atom stereocenters.